The summed E-state index contributed by atoms with van der Waals surface area (Å²) in [6.07, 6.45) is -0.898. The van der Waals surface area contributed by atoms with Crippen molar-refractivity contribution >= 4 is 6.09 Å². The SMILES string of the molecule is CC(C)(C)c1cc(OC(N)=O)n(-c2ccc(C#N)cc2)n1. The summed E-state index contributed by atoms with van der Waals surface area (Å²) in [5.41, 5.74) is 6.88. The van der Waals surface area contributed by atoms with Gasteiger partial charge in [-0.15, -0.1) is 0 Å². The van der Waals surface area contributed by atoms with Gasteiger partial charge in [-0.05, 0) is 24.3 Å². The van der Waals surface area contributed by atoms with Crippen LogP contribution in [0.3, 0.4) is 0 Å². The Morgan fingerprint density at radius 3 is 2.43 bits per heavy atom. The predicted octanol–water partition coefficient (Wildman–Crippen LogP) is 2.50. The second kappa shape index (κ2) is 5.29. The number of nitrogens with zero attached hydrogens (tertiary/aromatic N) is 3. The normalized spacial score (nSPS) is 11.0. The van der Waals surface area contributed by atoms with E-state index in [0.29, 0.717) is 11.3 Å². The number of hydrogen-bond donors (Lipinski definition) is 1. The first kappa shape index (κ1) is 14.6. The maximum Gasteiger partial charge on any atom is 0.411 e. The molecule has 1 amide bonds. The molecule has 6 heteroatoms. The maximum absolute atomic E-state index is 11.0. The van der Waals surface area contributed by atoms with E-state index in [2.05, 4.69) is 5.10 Å². The summed E-state index contributed by atoms with van der Waals surface area (Å²) in [4.78, 5) is 11.0. The molecule has 21 heavy (non-hydrogen) atoms. The van der Waals surface area contributed by atoms with Gasteiger partial charge >= 0.3 is 6.09 Å². The number of ether oxygens (including phenoxy) is 1. The number of benzene rings is 1. The molecule has 2 aromatic rings. The first-order chi connectivity index (χ1) is 9.81. The minimum absolute atomic E-state index is 0.201. The zero-order valence-electron chi connectivity index (χ0n) is 12.1. The van der Waals surface area contributed by atoms with E-state index >= 15 is 0 Å². The van der Waals surface area contributed by atoms with Crippen LogP contribution in [0.15, 0.2) is 30.3 Å². The number of carbonyl (C=O) groups excluding carboxylic acids is 1. The highest BCUT2D eigenvalue weighted by Gasteiger charge is 2.22. The molecule has 1 heterocycles. The summed E-state index contributed by atoms with van der Waals surface area (Å²) in [6.45, 7) is 6.02. The lowest BCUT2D eigenvalue weighted by molar-refractivity contribution is 0.207. The second-order valence-electron chi connectivity index (χ2n) is 5.61. The zero-order valence-corrected chi connectivity index (χ0v) is 12.1. The van der Waals surface area contributed by atoms with Crippen molar-refractivity contribution in [1.29, 1.82) is 5.26 Å². The lowest BCUT2D eigenvalue weighted by Gasteiger charge is -2.13. The van der Waals surface area contributed by atoms with E-state index in [1.807, 2.05) is 26.8 Å². The molecule has 6 nitrogen and oxygen atoms in total. The Morgan fingerprint density at radius 1 is 1.33 bits per heavy atom. The van der Waals surface area contributed by atoms with Gasteiger partial charge in [0.05, 0.1) is 23.0 Å². The van der Waals surface area contributed by atoms with Gasteiger partial charge in [-0.2, -0.15) is 10.4 Å². The molecule has 0 saturated heterocycles. The fourth-order valence-electron chi connectivity index (χ4n) is 1.77. The molecule has 2 rings (SSSR count). The van der Waals surface area contributed by atoms with Gasteiger partial charge in [0.15, 0.2) is 0 Å². The lowest BCUT2D eigenvalue weighted by atomic mass is 9.93. The van der Waals surface area contributed by atoms with Gasteiger partial charge in [0.2, 0.25) is 5.88 Å². The van der Waals surface area contributed by atoms with Crippen LogP contribution < -0.4 is 10.5 Å². The number of amides is 1. The molecule has 0 unspecified atom stereocenters. The molecular weight excluding hydrogens is 268 g/mol. The van der Waals surface area contributed by atoms with Crippen molar-refractivity contribution in [3.05, 3.63) is 41.6 Å². The summed E-state index contributed by atoms with van der Waals surface area (Å²) < 4.78 is 6.50. The largest absolute Gasteiger partial charge is 0.411 e. The van der Waals surface area contributed by atoms with Gasteiger partial charge in [0.1, 0.15) is 0 Å². The minimum atomic E-state index is -0.898. The van der Waals surface area contributed by atoms with Gasteiger partial charge < -0.3 is 10.5 Å². The number of nitrogens with two attached hydrogens (primary N) is 1. The molecule has 0 aliphatic rings. The summed E-state index contributed by atoms with van der Waals surface area (Å²) in [5, 5.41) is 13.3. The van der Waals surface area contributed by atoms with Crippen LogP contribution in [0.2, 0.25) is 0 Å². The van der Waals surface area contributed by atoms with Crippen LogP contribution in [0.4, 0.5) is 4.79 Å². The van der Waals surface area contributed by atoms with E-state index < -0.39 is 6.09 Å². The molecule has 1 aromatic heterocycles. The maximum atomic E-state index is 11.0. The predicted molar refractivity (Wildman–Crippen MR) is 77.2 cm³/mol. The van der Waals surface area contributed by atoms with Crippen LogP contribution in [0.25, 0.3) is 5.69 Å². The molecule has 0 saturated carbocycles. The van der Waals surface area contributed by atoms with Crippen LogP contribution in [0.1, 0.15) is 32.0 Å². The number of rotatable bonds is 2. The third-order valence-electron chi connectivity index (χ3n) is 2.89. The first-order valence-electron chi connectivity index (χ1n) is 6.39. The monoisotopic (exact) mass is 284 g/mol. The number of aromatic nitrogens is 2. The minimum Gasteiger partial charge on any atom is -0.391 e. The fourth-order valence-corrected chi connectivity index (χ4v) is 1.77. The van der Waals surface area contributed by atoms with E-state index in [1.54, 1.807) is 30.3 Å². The Bertz CT molecular complexity index is 703. The first-order valence-corrected chi connectivity index (χ1v) is 6.39. The van der Waals surface area contributed by atoms with Crippen molar-refractivity contribution in [2.24, 2.45) is 5.73 Å². The van der Waals surface area contributed by atoms with Crippen LogP contribution in [0, 0.1) is 11.3 Å². The summed E-state index contributed by atoms with van der Waals surface area (Å²) in [5.74, 6) is 0.247. The Labute approximate surface area is 122 Å². The highest BCUT2D eigenvalue weighted by molar-refractivity contribution is 5.67. The van der Waals surface area contributed by atoms with Gasteiger partial charge in [0.25, 0.3) is 0 Å². The number of primary amides is 1. The van der Waals surface area contributed by atoms with E-state index in [0.717, 1.165) is 5.69 Å². The smallest absolute Gasteiger partial charge is 0.391 e. The van der Waals surface area contributed by atoms with Crippen LogP contribution in [-0.4, -0.2) is 15.9 Å². The standard InChI is InChI=1S/C15H16N4O2/c1-15(2,3)12-8-13(21-14(17)20)19(18-12)11-6-4-10(9-16)5-7-11/h4-8H,1-3H3,(H2,17,20). The highest BCUT2D eigenvalue weighted by Crippen LogP contribution is 2.27. The third kappa shape index (κ3) is 3.20. The molecule has 1 aromatic carbocycles. The van der Waals surface area contributed by atoms with Gasteiger partial charge in [-0.1, -0.05) is 20.8 Å². The highest BCUT2D eigenvalue weighted by atomic mass is 16.6. The van der Waals surface area contributed by atoms with Crippen molar-refractivity contribution in [2.75, 3.05) is 0 Å². The van der Waals surface area contributed by atoms with Crippen molar-refractivity contribution in [3.63, 3.8) is 0 Å². The van der Waals surface area contributed by atoms with Crippen molar-refractivity contribution < 1.29 is 9.53 Å². The summed E-state index contributed by atoms with van der Waals surface area (Å²) in [7, 11) is 0. The Kier molecular flexibility index (Phi) is 3.68. The van der Waals surface area contributed by atoms with Gasteiger partial charge in [-0.3, -0.25) is 0 Å². The molecule has 0 aliphatic heterocycles. The molecule has 2 N–H and O–H groups in total. The Hall–Kier alpha value is -2.81. The average Bonchev–Trinajstić information content (AvgIpc) is 2.82. The average molecular weight is 284 g/mol. The summed E-state index contributed by atoms with van der Waals surface area (Å²) in [6, 6.07) is 10.5. The van der Waals surface area contributed by atoms with Crippen molar-refractivity contribution in [1.82, 2.24) is 9.78 Å². The topological polar surface area (TPSA) is 93.9 Å². The van der Waals surface area contributed by atoms with E-state index in [1.165, 1.54) is 4.68 Å². The van der Waals surface area contributed by atoms with Crippen molar-refractivity contribution in [2.45, 2.75) is 26.2 Å². The summed E-state index contributed by atoms with van der Waals surface area (Å²) >= 11 is 0. The molecule has 0 spiro atoms. The molecule has 108 valence electrons. The second-order valence-corrected chi connectivity index (χ2v) is 5.61. The van der Waals surface area contributed by atoms with Crippen LogP contribution in [0.5, 0.6) is 5.88 Å². The van der Waals surface area contributed by atoms with E-state index in [-0.39, 0.29) is 11.3 Å². The fraction of sp³-hybridized carbons (Fsp3) is 0.267. The Morgan fingerprint density at radius 2 is 1.95 bits per heavy atom. The quantitative estimate of drug-likeness (QED) is 0.916. The van der Waals surface area contributed by atoms with E-state index in [9.17, 15) is 4.79 Å². The number of carbonyl (C=O) groups is 1. The van der Waals surface area contributed by atoms with Crippen LogP contribution >= 0.6 is 0 Å². The molecular formula is C15H16N4O2. The number of hydrogen-bond acceptors (Lipinski definition) is 4. The lowest BCUT2D eigenvalue weighted by Crippen LogP contribution is -2.18. The number of nitriles is 1. The van der Waals surface area contributed by atoms with Gasteiger partial charge in [0, 0.05) is 11.5 Å². The third-order valence-corrected chi connectivity index (χ3v) is 2.89. The molecule has 0 radical (unpaired) electrons. The van der Waals surface area contributed by atoms with Crippen LogP contribution in [-0.2, 0) is 5.41 Å². The van der Waals surface area contributed by atoms with E-state index in [4.69, 9.17) is 15.7 Å². The van der Waals surface area contributed by atoms with Gasteiger partial charge in [-0.25, -0.2) is 9.48 Å². The molecule has 0 bridgehead atoms. The Balaban J connectivity index is 2.51. The zero-order chi connectivity index (χ0) is 15.6. The van der Waals surface area contributed by atoms with Crippen molar-refractivity contribution in [3.8, 4) is 17.6 Å². The molecule has 0 atom stereocenters. The molecule has 0 aliphatic carbocycles. The molecule has 0 fully saturated rings.